The predicted molar refractivity (Wildman–Crippen MR) is 105 cm³/mol. The Labute approximate surface area is 162 Å². The maximum Gasteiger partial charge on any atom is 0.317 e. The van der Waals surface area contributed by atoms with Crippen molar-refractivity contribution >= 4 is 11.0 Å². The smallest absolute Gasteiger partial charge is 0.317 e. The second-order valence-corrected chi connectivity index (χ2v) is 8.38. The summed E-state index contributed by atoms with van der Waals surface area (Å²) in [6, 6.07) is 1.81. The van der Waals surface area contributed by atoms with Gasteiger partial charge in [0.2, 0.25) is 0 Å². The summed E-state index contributed by atoms with van der Waals surface area (Å²) >= 11 is 0. The van der Waals surface area contributed by atoms with E-state index in [-0.39, 0.29) is 12.0 Å². The summed E-state index contributed by atoms with van der Waals surface area (Å²) in [5.41, 5.74) is 2.57. The van der Waals surface area contributed by atoms with E-state index in [0.717, 1.165) is 23.1 Å². The Hall–Kier alpha value is -2.00. The molecule has 1 aliphatic heterocycles. The zero-order valence-electron chi connectivity index (χ0n) is 16.6. The van der Waals surface area contributed by atoms with Gasteiger partial charge in [-0.25, -0.2) is 0 Å². The van der Waals surface area contributed by atoms with Gasteiger partial charge in [0.1, 0.15) is 18.3 Å². The van der Waals surface area contributed by atoms with Gasteiger partial charge in [-0.3, -0.25) is 14.2 Å². The van der Waals surface area contributed by atoms with E-state index in [2.05, 4.69) is 13.8 Å². The molecular weight excluding hydrogens is 364 g/mol. The number of nitrogens with zero attached hydrogens (tertiary/aromatic N) is 2. The van der Waals surface area contributed by atoms with Crippen LogP contribution in [-0.2, 0) is 18.5 Å². The standard InChI is InChI=1S/C20H28N2O6/c1-10-7-12-16-15(11(10)2)20(3,4)5-6-21(16)18(27)19(28)22(12)8-13(24)17(26)14(25)9-23/h7,13-14,17,23-26H,5-6,8-9H2,1-4H3. The highest BCUT2D eigenvalue weighted by molar-refractivity contribution is 5.83. The molecular formula is C20H28N2O6. The van der Waals surface area contributed by atoms with Crippen LogP contribution in [0.25, 0.3) is 11.0 Å². The van der Waals surface area contributed by atoms with Gasteiger partial charge in [-0.05, 0) is 48.4 Å². The number of aryl methyl sites for hydroxylation is 2. The van der Waals surface area contributed by atoms with Crippen molar-refractivity contribution < 1.29 is 20.4 Å². The molecule has 0 bridgehead atoms. The molecule has 0 amide bonds. The third-order valence-electron chi connectivity index (χ3n) is 6.02. The summed E-state index contributed by atoms with van der Waals surface area (Å²) in [5, 5.41) is 38.8. The topological polar surface area (TPSA) is 125 Å². The highest BCUT2D eigenvalue weighted by Crippen LogP contribution is 2.39. The molecule has 28 heavy (non-hydrogen) atoms. The number of aromatic nitrogens is 2. The molecule has 0 spiro atoms. The van der Waals surface area contributed by atoms with E-state index in [4.69, 9.17) is 5.11 Å². The number of aliphatic hydroxyl groups is 4. The molecule has 0 saturated carbocycles. The molecule has 2 heterocycles. The number of aliphatic hydroxyl groups excluding tert-OH is 4. The Morgan fingerprint density at radius 1 is 1.11 bits per heavy atom. The van der Waals surface area contributed by atoms with E-state index in [0.29, 0.717) is 17.6 Å². The fourth-order valence-corrected chi connectivity index (χ4v) is 4.20. The lowest BCUT2D eigenvalue weighted by molar-refractivity contribution is -0.0805. The Balaban J connectivity index is 2.31. The van der Waals surface area contributed by atoms with Crippen molar-refractivity contribution in [1.82, 2.24) is 9.13 Å². The van der Waals surface area contributed by atoms with Crippen molar-refractivity contribution in [2.45, 2.75) is 70.9 Å². The van der Waals surface area contributed by atoms with Crippen molar-refractivity contribution in [3.8, 4) is 0 Å². The van der Waals surface area contributed by atoms with Gasteiger partial charge in [0.25, 0.3) is 0 Å². The van der Waals surface area contributed by atoms with Crippen LogP contribution in [0.5, 0.6) is 0 Å². The van der Waals surface area contributed by atoms with Gasteiger partial charge >= 0.3 is 11.1 Å². The van der Waals surface area contributed by atoms with E-state index >= 15 is 0 Å². The molecule has 0 aliphatic carbocycles. The molecule has 8 heteroatoms. The Bertz CT molecular complexity index is 1040. The van der Waals surface area contributed by atoms with Crippen molar-refractivity contribution in [3.63, 3.8) is 0 Å². The van der Waals surface area contributed by atoms with Gasteiger partial charge in [-0.2, -0.15) is 0 Å². The van der Waals surface area contributed by atoms with Gasteiger partial charge in [-0.1, -0.05) is 13.8 Å². The molecule has 0 saturated heterocycles. The molecule has 4 N–H and O–H groups in total. The van der Waals surface area contributed by atoms with Crippen molar-refractivity contribution in [3.05, 3.63) is 43.5 Å². The first kappa shape index (κ1) is 20.7. The lowest BCUT2D eigenvalue weighted by atomic mass is 9.75. The highest BCUT2D eigenvalue weighted by atomic mass is 16.4. The first-order valence-corrected chi connectivity index (χ1v) is 9.44. The quantitative estimate of drug-likeness (QED) is 0.510. The molecule has 1 aliphatic rings. The zero-order chi connectivity index (χ0) is 21.0. The van der Waals surface area contributed by atoms with Crippen LogP contribution >= 0.6 is 0 Å². The fourth-order valence-electron chi connectivity index (χ4n) is 4.20. The van der Waals surface area contributed by atoms with Gasteiger partial charge < -0.3 is 25.0 Å². The Morgan fingerprint density at radius 2 is 1.75 bits per heavy atom. The van der Waals surface area contributed by atoms with E-state index in [1.165, 1.54) is 9.13 Å². The van der Waals surface area contributed by atoms with Crippen LogP contribution in [0.4, 0.5) is 0 Å². The average Bonchev–Trinajstić information content (AvgIpc) is 2.65. The van der Waals surface area contributed by atoms with Crippen molar-refractivity contribution in [2.75, 3.05) is 6.61 Å². The summed E-state index contributed by atoms with van der Waals surface area (Å²) in [6.45, 7) is 7.47. The summed E-state index contributed by atoms with van der Waals surface area (Å²) in [6.07, 6.45) is -3.99. The van der Waals surface area contributed by atoms with Crippen LogP contribution in [0.2, 0.25) is 0 Å². The molecule has 3 unspecified atom stereocenters. The minimum absolute atomic E-state index is 0.186. The number of rotatable bonds is 5. The lowest BCUT2D eigenvalue weighted by Crippen LogP contribution is -2.48. The molecule has 0 radical (unpaired) electrons. The van der Waals surface area contributed by atoms with Crippen LogP contribution in [0.3, 0.4) is 0 Å². The van der Waals surface area contributed by atoms with Crippen molar-refractivity contribution in [2.24, 2.45) is 0 Å². The summed E-state index contributed by atoms with van der Waals surface area (Å²) < 4.78 is 2.68. The van der Waals surface area contributed by atoms with Gasteiger partial charge in [0, 0.05) is 6.54 Å². The number of benzene rings is 1. The summed E-state index contributed by atoms with van der Waals surface area (Å²) in [7, 11) is 0. The second kappa shape index (κ2) is 7.11. The van der Waals surface area contributed by atoms with Crippen molar-refractivity contribution in [1.29, 1.82) is 0 Å². The second-order valence-electron chi connectivity index (χ2n) is 8.38. The largest absolute Gasteiger partial charge is 0.394 e. The first-order valence-electron chi connectivity index (χ1n) is 9.44. The maximum absolute atomic E-state index is 12.8. The zero-order valence-corrected chi connectivity index (χ0v) is 16.6. The minimum atomic E-state index is -1.65. The van der Waals surface area contributed by atoms with Crippen LogP contribution < -0.4 is 11.1 Å². The third kappa shape index (κ3) is 3.10. The molecule has 3 atom stereocenters. The molecule has 1 aromatic carbocycles. The van der Waals surface area contributed by atoms with Crippen LogP contribution in [0, 0.1) is 13.8 Å². The van der Waals surface area contributed by atoms with E-state index in [1.807, 2.05) is 19.9 Å². The number of hydrogen-bond donors (Lipinski definition) is 4. The minimum Gasteiger partial charge on any atom is -0.394 e. The maximum atomic E-state index is 12.8. The third-order valence-corrected chi connectivity index (χ3v) is 6.02. The van der Waals surface area contributed by atoms with E-state index in [9.17, 15) is 24.9 Å². The van der Waals surface area contributed by atoms with Crippen LogP contribution in [0.15, 0.2) is 15.7 Å². The molecule has 2 aromatic rings. The Kier molecular flexibility index (Phi) is 5.26. The van der Waals surface area contributed by atoms with Crippen LogP contribution in [0.1, 0.15) is 37.0 Å². The molecule has 0 fully saturated rings. The molecule has 3 rings (SSSR count). The Morgan fingerprint density at radius 3 is 2.36 bits per heavy atom. The van der Waals surface area contributed by atoms with Crippen LogP contribution in [-0.4, -0.2) is 54.5 Å². The molecule has 1 aromatic heterocycles. The van der Waals surface area contributed by atoms with Gasteiger partial charge in [-0.15, -0.1) is 0 Å². The van der Waals surface area contributed by atoms with E-state index < -0.39 is 36.0 Å². The van der Waals surface area contributed by atoms with E-state index in [1.54, 1.807) is 0 Å². The monoisotopic (exact) mass is 392 g/mol. The molecule has 154 valence electrons. The average molecular weight is 392 g/mol. The fraction of sp³-hybridized carbons (Fsp3) is 0.600. The normalized spacial score (nSPS) is 18.9. The lowest BCUT2D eigenvalue weighted by Gasteiger charge is -2.36. The van der Waals surface area contributed by atoms with Gasteiger partial charge in [0.15, 0.2) is 0 Å². The highest BCUT2D eigenvalue weighted by Gasteiger charge is 2.34. The summed E-state index contributed by atoms with van der Waals surface area (Å²) in [4.78, 5) is 25.5. The molecule has 8 nitrogen and oxygen atoms in total. The number of hydrogen-bond acceptors (Lipinski definition) is 6. The SMILES string of the molecule is Cc1cc2c3c(c1C)C(C)(C)CCn3c(=O)c(=O)n2CC(O)C(O)C(O)CO. The predicted octanol–water partition coefficient (Wildman–Crippen LogP) is -0.464. The summed E-state index contributed by atoms with van der Waals surface area (Å²) in [5.74, 6) is 0. The first-order chi connectivity index (χ1) is 13.0. The van der Waals surface area contributed by atoms with Gasteiger partial charge in [0.05, 0.1) is 24.2 Å².